The summed E-state index contributed by atoms with van der Waals surface area (Å²) in [4.78, 5) is 23.8. The molecule has 0 saturated carbocycles. The van der Waals surface area contributed by atoms with Crippen molar-refractivity contribution in [2.45, 2.75) is 26.7 Å². The van der Waals surface area contributed by atoms with Gasteiger partial charge in [0.2, 0.25) is 0 Å². The van der Waals surface area contributed by atoms with E-state index in [2.05, 4.69) is 34.0 Å². The molecule has 2 aromatic heterocycles. The van der Waals surface area contributed by atoms with Crippen LogP contribution in [0.4, 0.5) is 0 Å². The summed E-state index contributed by atoms with van der Waals surface area (Å²) in [7, 11) is 0. The number of hydrogen-bond donors (Lipinski definition) is 1. The summed E-state index contributed by atoms with van der Waals surface area (Å²) in [6.45, 7) is 4.09. The molecule has 1 N–H and O–H groups in total. The third-order valence-corrected chi connectivity index (χ3v) is 3.41. The van der Waals surface area contributed by atoms with Crippen molar-refractivity contribution in [3.63, 3.8) is 0 Å². The van der Waals surface area contributed by atoms with Gasteiger partial charge in [-0.1, -0.05) is 11.6 Å². The van der Waals surface area contributed by atoms with E-state index in [9.17, 15) is 4.79 Å². The first-order valence-corrected chi connectivity index (χ1v) is 6.78. The zero-order valence-electron chi connectivity index (χ0n) is 11.9. The van der Waals surface area contributed by atoms with E-state index in [1.807, 2.05) is 13.0 Å². The Balaban J connectivity index is 2.12. The summed E-state index contributed by atoms with van der Waals surface area (Å²) in [5.74, 6) is -0.335. The fourth-order valence-electron chi connectivity index (χ4n) is 2.48. The fourth-order valence-corrected chi connectivity index (χ4v) is 2.48. The van der Waals surface area contributed by atoms with Crippen LogP contribution in [0.3, 0.4) is 0 Å². The van der Waals surface area contributed by atoms with Gasteiger partial charge in [0.15, 0.2) is 5.65 Å². The topological polar surface area (TPSA) is 76.0 Å². The van der Waals surface area contributed by atoms with Crippen LogP contribution < -0.4 is 0 Å². The second-order valence-corrected chi connectivity index (χ2v) is 5.23. The maximum Gasteiger partial charge on any atom is 0.303 e. The Morgan fingerprint density at radius 3 is 2.71 bits per heavy atom. The van der Waals surface area contributed by atoms with Crippen LogP contribution in [-0.4, -0.2) is 26.0 Å². The molecule has 0 bridgehead atoms. The van der Waals surface area contributed by atoms with Gasteiger partial charge in [0.1, 0.15) is 5.82 Å². The molecule has 0 amide bonds. The number of aromatic nitrogens is 3. The molecular weight excluding hydrogens is 266 g/mol. The number of aryl methyl sites for hydroxylation is 3. The van der Waals surface area contributed by atoms with Gasteiger partial charge in [0, 0.05) is 23.4 Å². The lowest BCUT2D eigenvalue weighted by Gasteiger charge is -2.06. The maximum atomic E-state index is 10.6. The van der Waals surface area contributed by atoms with Crippen molar-refractivity contribution < 1.29 is 9.90 Å². The van der Waals surface area contributed by atoms with Crippen LogP contribution >= 0.6 is 0 Å². The Labute approximate surface area is 121 Å². The highest BCUT2D eigenvalue weighted by molar-refractivity contribution is 5.92. The minimum atomic E-state index is -0.850. The molecule has 0 unspecified atom stereocenters. The van der Waals surface area contributed by atoms with Gasteiger partial charge < -0.3 is 5.11 Å². The zero-order chi connectivity index (χ0) is 15.0. The predicted octanol–water partition coefficient (Wildman–Crippen LogP) is 2.81. The molecule has 5 heteroatoms. The first kappa shape index (κ1) is 13.4. The molecule has 0 aliphatic carbocycles. The van der Waals surface area contributed by atoms with Gasteiger partial charge >= 0.3 is 5.97 Å². The number of fused-ring (bicyclic) bond motifs is 2. The number of pyridine rings is 1. The summed E-state index contributed by atoms with van der Waals surface area (Å²) >= 11 is 0. The highest BCUT2D eigenvalue weighted by Crippen LogP contribution is 2.22. The van der Waals surface area contributed by atoms with E-state index in [0.29, 0.717) is 17.9 Å². The lowest BCUT2D eigenvalue weighted by molar-refractivity contribution is -0.137. The molecule has 3 aromatic rings. The molecule has 3 rings (SSSR count). The summed E-state index contributed by atoms with van der Waals surface area (Å²) in [6, 6.07) is 6.21. The number of carboxylic acids is 1. The number of hydrogen-bond acceptors (Lipinski definition) is 4. The van der Waals surface area contributed by atoms with Crippen LogP contribution in [0.25, 0.3) is 21.9 Å². The number of carboxylic acid groups (broad SMARTS) is 1. The van der Waals surface area contributed by atoms with Gasteiger partial charge in [-0.2, -0.15) is 0 Å². The van der Waals surface area contributed by atoms with Crippen molar-refractivity contribution in [2.75, 3.05) is 0 Å². The lowest BCUT2D eigenvalue weighted by atomic mass is 10.1. The first-order chi connectivity index (χ1) is 10.0. The van der Waals surface area contributed by atoms with Crippen LogP contribution in [0, 0.1) is 13.8 Å². The van der Waals surface area contributed by atoms with E-state index in [1.165, 1.54) is 5.56 Å². The number of nitrogens with zero attached hydrogens (tertiary/aromatic N) is 3. The first-order valence-electron chi connectivity index (χ1n) is 6.78. The number of rotatable bonds is 3. The minimum absolute atomic E-state index is 0.0251. The molecule has 1 aromatic carbocycles. The molecule has 0 atom stereocenters. The van der Waals surface area contributed by atoms with Crippen molar-refractivity contribution in [1.82, 2.24) is 15.0 Å². The number of aliphatic carboxylic acids is 1. The molecule has 0 radical (unpaired) electrons. The van der Waals surface area contributed by atoms with Crippen LogP contribution in [0.1, 0.15) is 23.4 Å². The van der Waals surface area contributed by atoms with E-state index < -0.39 is 5.97 Å². The monoisotopic (exact) mass is 281 g/mol. The van der Waals surface area contributed by atoms with Gasteiger partial charge in [-0.25, -0.2) is 15.0 Å². The Morgan fingerprint density at radius 2 is 1.95 bits per heavy atom. The quantitative estimate of drug-likeness (QED) is 0.747. The Bertz CT molecular complexity index is 859. The smallest absolute Gasteiger partial charge is 0.303 e. The van der Waals surface area contributed by atoms with Crippen molar-refractivity contribution in [3.8, 4) is 0 Å². The zero-order valence-corrected chi connectivity index (χ0v) is 11.9. The molecule has 21 heavy (non-hydrogen) atoms. The minimum Gasteiger partial charge on any atom is -0.481 e. The lowest BCUT2D eigenvalue weighted by Crippen LogP contribution is -2.02. The highest BCUT2D eigenvalue weighted by Gasteiger charge is 2.07. The van der Waals surface area contributed by atoms with Gasteiger partial charge in [0.05, 0.1) is 11.9 Å². The van der Waals surface area contributed by atoms with E-state index in [0.717, 1.165) is 21.9 Å². The number of carbonyl (C=O) groups is 1. The van der Waals surface area contributed by atoms with Crippen LogP contribution in [0.5, 0.6) is 0 Å². The van der Waals surface area contributed by atoms with E-state index >= 15 is 0 Å². The normalized spacial score (nSPS) is 11.1. The summed E-state index contributed by atoms with van der Waals surface area (Å²) in [5.41, 5.74) is 3.85. The second-order valence-electron chi connectivity index (χ2n) is 5.23. The Hall–Kier alpha value is -2.56. The molecule has 0 aliphatic rings. The standard InChI is InChI=1S/C16H15N3O2/c1-9-5-10(2)15-11(6-9)7-12-8-17-13(3-4-14(20)21)18-16(12)19-15/h5-8H,3-4H2,1-2H3,(H,20,21). The maximum absolute atomic E-state index is 10.6. The van der Waals surface area contributed by atoms with E-state index in [4.69, 9.17) is 5.11 Å². The summed E-state index contributed by atoms with van der Waals surface area (Å²) in [5, 5.41) is 10.7. The van der Waals surface area contributed by atoms with Gasteiger partial charge in [-0.3, -0.25) is 4.79 Å². The van der Waals surface area contributed by atoms with E-state index in [-0.39, 0.29) is 6.42 Å². The van der Waals surface area contributed by atoms with E-state index in [1.54, 1.807) is 6.20 Å². The average molecular weight is 281 g/mol. The van der Waals surface area contributed by atoms with Crippen molar-refractivity contribution >= 4 is 27.9 Å². The molecule has 2 heterocycles. The number of benzene rings is 1. The summed E-state index contributed by atoms with van der Waals surface area (Å²) < 4.78 is 0. The van der Waals surface area contributed by atoms with Crippen LogP contribution in [0.15, 0.2) is 24.4 Å². The van der Waals surface area contributed by atoms with Crippen molar-refractivity contribution in [2.24, 2.45) is 0 Å². The molecule has 106 valence electrons. The summed E-state index contributed by atoms with van der Waals surface area (Å²) in [6.07, 6.45) is 2.05. The highest BCUT2D eigenvalue weighted by atomic mass is 16.4. The molecule has 5 nitrogen and oxygen atoms in total. The van der Waals surface area contributed by atoms with Crippen molar-refractivity contribution in [1.29, 1.82) is 0 Å². The van der Waals surface area contributed by atoms with Crippen molar-refractivity contribution in [3.05, 3.63) is 41.3 Å². The van der Waals surface area contributed by atoms with Gasteiger partial charge in [0.25, 0.3) is 0 Å². The Kier molecular flexibility index (Phi) is 3.25. The van der Waals surface area contributed by atoms with Gasteiger partial charge in [-0.15, -0.1) is 0 Å². The average Bonchev–Trinajstić information content (AvgIpc) is 2.43. The third-order valence-electron chi connectivity index (χ3n) is 3.41. The molecule has 0 aliphatic heterocycles. The second kappa shape index (κ2) is 5.09. The molecule has 0 fully saturated rings. The molecule has 0 saturated heterocycles. The molecular formula is C16H15N3O2. The van der Waals surface area contributed by atoms with Crippen LogP contribution in [0.2, 0.25) is 0 Å². The fraction of sp³-hybridized carbons (Fsp3) is 0.250. The Morgan fingerprint density at radius 1 is 1.14 bits per heavy atom. The van der Waals surface area contributed by atoms with Gasteiger partial charge in [-0.05, 0) is 31.5 Å². The third kappa shape index (κ3) is 2.67. The molecule has 0 spiro atoms. The SMILES string of the molecule is Cc1cc(C)c2nc3nc(CCC(=O)O)ncc3cc2c1. The largest absolute Gasteiger partial charge is 0.481 e. The van der Waals surface area contributed by atoms with Crippen LogP contribution in [-0.2, 0) is 11.2 Å². The predicted molar refractivity (Wildman–Crippen MR) is 80.3 cm³/mol.